The minimum Gasteiger partial charge on any atom is -0.381 e. The fraction of sp³-hybridized carbons (Fsp3) is 0.632. The molecule has 1 aliphatic rings. The highest BCUT2D eigenvalue weighted by atomic mass is 127. The van der Waals surface area contributed by atoms with Crippen LogP contribution in [0.25, 0.3) is 0 Å². The summed E-state index contributed by atoms with van der Waals surface area (Å²) in [4.78, 5) is 4.90. The number of nitrogens with one attached hydrogen (secondary N) is 2. The van der Waals surface area contributed by atoms with Crippen LogP contribution in [0.4, 0.5) is 0 Å². The van der Waals surface area contributed by atoms with E-state index in [4.69, 9.17) is 9.73 Å². The van der Waals surface area contributed by atoms with Gasteiger partial charge in [0.2, 0.25) is 0 Å². The van der Waals surface area contributed by atoms with E-state index in [0.29, 0.717) is 5.92 Å². The molecule has 1 aromatic carbocycles. The number of halogens is 1. The Hall–Kier alpha value is -0.820. The molecular weight excluding hydrogens is 413 g/mol. The summed E-state index contributed by atoms with van der Waals surface area (Å²) in [6.45, 7) is 10.8. The molecular formula is C19H32IN3O. The van der Waals surface area contributed by atoms with Crippen LogP contribution in [0, 0.1) is 5.92 Å². The Kier molecular flexibility index (Phi) is 9.66. The highest BCUT2D eigenvalue weighted by Crippen LogP contribution is 2.35. The molecule has 5 heteroatoms. The first-order valence-electron chi connectivity index (χ1n) is 8.82. The van der Waals surface area contributed by atoms with Crippen LogP contribution < -0.4 is 10.6 Å². The van der Waals surface area contributed by atoms with Gasteiger partial charge >= 0.3 is 0 Å². The molecule has 1 heterocycles. The van der Waals surface area contributed by atoms with Gasteiger partial charge in [-0.25, -0.2) is 0 Å². The van der Waals surface area contributed by atoms with Crippen molar-refractivity contribution in [1.29, 1.82) is 0 Å². The average Bonchev–Trinajstić information content (AvgIpc) is 2.59. The Morgan fingerprint density at radius 3 is 2.42 bits per heavy atom. The molecule has 0 aliphatic carbocycles. The van der Waals surface area contributed by atoms with E-state index in [-0.39, 0.29) is 29.4 Å². The maximum Gasteiger partial charge on any atom is 0.191 e. The minimum atomic E-state index is 0. The van der Waals surface area contributed by atoms with Crippen molar-refractivity contribution < 1.29 is 4.74 Å². The van der Waals surface area contributed by atoms with Crippen LogP contribution in [0.2, 0.25) is 0 Å². The van der Waals surface area contributed by atoms with Crippen LogP contribution in [0.15, 0.2) is 35.3 Å². The van der Waals surface area contributed by atoms with E-state index in [9.17, 15) is 0 Å². The maximum atomic E-state index is 5.60. The lowest BCUT2D eigenvalue weighted by atomic mass is 9.74. The first-order chi connectivity index (χ1) is 11.2. The van der Waals surface area contributed by atoms with Gasteiger partial charge in [-0.15, -0.1) is 24.0 Å². The van der Waals surface area contributed by atoms with E-state index in [1.165, 1.54) is 5.56 Å². The number of hydrogen-bond donors (Lipinski definition) is 2. The van der Waals surface area contributed by atoms with Gasteiger partial charge in [0, 0.05) is 31.7 Å². The van der Waals surface area contributed by atoms with Crippen molar-refractivity contribution in [3.8, 4) is 0 Å². The zero-order valence-electron chi connectivity index (χ0n) is 15.2. The molecule has 0 bridgehead atoms. The predicted molar refractivity (Wildman–Crippen MR) is 112 cm³/mol. The fourth-order valence-corrected chi connectivity index (χ4v) is 2.96. The number of guanidine groups is 1. The maximum absolute atomic E-state index is 5.60. The van der Waals surface area contributed by atoms with E-state index in [2.05, 4.69) is 61.7 Å². The van der Waals surface area contributed by atoms with Gasteiger partial charge in [0.15, 0.2) is 5.96 Å². The van der Waals surface area contributed by atoms with E-state index in [0.717, 1.165) is 51.6 Å². The molecule has 0 radical (unpaired) electrons. The molecule has 1 saturated heterocycles. The van der Waals surface area contributed by atoms with E-state index < -0.39 is 0 Å². The summed E-state index contributed by atoms with van der Waals surface area (Å²) < 4.78 is 5.60. The Morgan fingerprint density at radius 1 is 1.17 bits per heavy atom. The van der Waals surface area contributed by atoms with Crippen molar-refractivity contribution >= 4 is 29.9 Å². The summed E-state index contributed by atoms with van der Waals surface area (Å²) in [6.07, 6.45) is 2.06. The van der Waals surface area contributed by atoms with Gasteiger partial charge in [-0.3, -0.25) is 4.99 Å². The zero-order valence-corrected chi connectivity index (χ0v) is 17.5. The SMILES string of the molecule is CCNC(=NCC1(c2ccccc2)CCOCC1)NCC(C)C.I. The summed E-state index contributed by atoms with van der Waals surface area (Å²) in [5, 5.41) is 6.79. The molecule has 136 valence electrons. The molecule has 1 fully saturated rings. The Morgan fingerprint density at radius 2 is 1.83 bits per heavy atom. The average molecular weight is 445 g/mol. The van der Waals surface area contributed by atoms with Crippen molar-refractivity contribution in [2.75, 3.05) is 32.8 Å². The van der Waals surface area contributed by atoms with Gasteiger partial charge in [0.1, 0.15) is 0 Å². The molecule has 1 aromatic rings. The van der Waals surface area contributed by atoms with Gasteiger partial charge in [0.05, 0.1) is 6.54 Å². The van der Waals surface area contributed by atoms with Crippen LogP contribution in [-0.4, -0.2) is 38.8 Å². The number of ether oxygens (including phenoxy) is 1. The second kappa shape index (κ2) is 10.9. The van der Waals surface area contributed by atoms with Crippen molar-refractivity contribution in [1.82, 2.24) is 10.6 Å². The first-order valence-corrected chi connectivity index (χ1v) is 8.82. The summed E-state index contributed by atoms with van der Waals surface area (Å²) >= 11 is 0. The highest BCUT2D eigenvalue weighted by molar-refractivity contribution is 14.0. The summed E-state index contributed by atoms with van der Waals surface area (Å²) in [6, 6.07) is 10.8. The van der Waals surface area contributed by atoms with Crippen LogP contribution >= 0.6 is 24.0 Å². The smallest absolute Gasteiger partial charge is 0.191 e. The van der Waals surface area contributed by atoms with Gasteiger partial charge in [-0.2, -0.15) is 0 Å². The third kappa shape index (κ3) is 6.24. The number of hydrogen-bond acceptors (Lipinski definition) is 2. The van der Waals surface area contributed by atoms with E-state index in [1.807, 2.05) is 0 Å². The Balaban J connectivity index is 0.00000288. The highest BCUT2D eigenvalue weighted by Gasteiger charge is 2.34. The standard InChI is InChI=1S/C19H31N3O.HI/c1-4-20-18(21-14-16(2)3)22-15-19(10-12-23-13-11-19)17-8-6-5-7-9-17;/h5-9,16H,4,10-15H2,1-3H3,(H2,20,21,22);1H. The summed E-state index contributed by atoms with van der Waals surface area (Å²) in [5.41, 5.74) is 1.48. The second-order valence-corrected chi connectivity index (χ2v) is 6.73. The monoisotopic (exact) mass is 445 g/mol. The number of aliphatic imine (C=N–C) groups is 1. The third-order valence-corrected chi connectivity index (χ3v) is 4.40. The molecule has 0 unspecified atom stereocenters. The molecule has 2 N–H and O–H groups in total. The van der Waals surface area contributed by atoms with Crippen LogP contribution in [-0.2, 0) is 10.2 Å². The quantitative estimate of drug-likeness (QED) is 0.400. The first kappa shape index (κ1) is 21.2. The van der Waals surface area contributed by atoms with Crippen molar-refractivity contribution in [3.63, 3.8) is 0 Å². The van der Waals surface area contributed by atoms with Gasteiger partial charge < -0.3 is 15.4 Å². The summed E-state index contributed by atoms with van der Waals surface area (Å²) in [5.74, 6) is 1.52. The third-order valence-electron chi connectivity index (χ3n) is 4.40. The van der Waals surface area contributed by atoms with E-state index >= 15 is 0 Å². The number of benzene rings is 1. The van der Waals surface area contributed by atoms with Gasteiger partial charge in [-0.1, -0.05) is 44.2 Å². The molecule has 4 nitrogen and oxygen atoms in total. The number of nitrogens with zero attached hydrogens (tertiary/aromatic N) is 1. The number of rotatable bonds is 6. The lowest BCUT2D eigenvalue weighted by Gasteiger charge is -2.36. The fourth-order valence-electron chi connectivity index (χ4n) is 2.96. The Bertz CT molecular complexity index is 485. The van der Waals surface area contributed by atoms with Crippen LogP contribution in [0.5, 0.6) is 0 Å². The van der Waals surface area contributed by atoms with Gasteiger partial charge in [0.25, 0.3) is 0 Å². The topological polar surface area (TPSA) is 45.7 Å². The van der Waals surface area contributed by atoms with Crippen LogP contribution in [0.3, 0.4) is 0 Å². The molecule has 0 atom stereocenters. The zero-order chi connectivity index (χ0) is 16.5. The van der Waals surface area contributed by atoms with Gasteiger partial charge in [-0.05, 0) is 31.2 Å². The van der Waals surface area contributed by atoms with E-state index in [1.54, 1.807) is 0 Å². The summed E-state index contributed by atoms with van der Waals surface area (Å²) in [7, 11) is 0. The lowest BCUT2D eigenvalue weighted by molar-refractivity contribution is 0.0531. The second-order valence-electron chi connectivity index (χ2n) is 6.73. The largest absolute Gasteiger partial charge is 0.381 e. The normalized spacial score (nSPS) is 17.2. The van der Waals surface area contributed by atoms with Crippen molar-refractivity contribution in [3.05, 3.63) is 35.9 Å². The van der Waals surface area contributed by atoms with Crippen molar-refractivity contribution in [2.24, 2.45) is 10.9 Å². The molecule has 24 heavy (non-hydrogen) atoms. The minimum absolute atomic E-state index is 0. The molecule has 1 aliphatic heterocycles. The Labute approximate surface area is 163 Å². The molecule has 0 aromatic heterocycles. The van der Waals surface area contributed by atoms with Crippen molar-refractivity contribution in [2.45, 2.75) is 39.0 Å². The lowest BCUT2D eigenvalue weighted by Crippen LogP contribution is -2.42. The van der Waals surface area contributed by atoms with Crippen LogP contribution in [0.1, 0.15) is 39.2 Å². The molecule has 0 amide bonds. The molecule has 0 saturated carbocycles. The molecule has 0 spiro atoms. The molecule has 2 rings (SSSR count). The predicted octanol–water partition coefficient (Wildman–Crippen LogP) is 3.56.